The van der Waals surface area contributed by atoms with Crippen molar-refractivity contribution in [3.63, 3.8) is 0 Å². The molecule has 3 aromatic rings. The van der Waals surface area contributed by atoms with Gasteiger partial charge in [-0.05, 0) is 41.9 Å². The summed E-state index contributed by atoms with van der Waals surface area (Å²) in [6, 6.07) is 17.0. The lowest BCUT2D eigenvalue weighted by Crippen LogP contribution is -2.43. The Kier molecular flexibility index (Phi) is 4.71. The number of nitrogens with zero attached hydrogens (tertiary/aromatic N) is 3. The molecule has 0 amide bonds. The van der Waals surface area contributed by atoms with Crippen LogP contribution in [0.5, 0.6) is 0 Å². The number of aromatic nitrogens is 1. The van der Waals surface area contributed by atoms with Gasteiger partial charge >= 0.3 is 0 Å². The fourth-order valence-electron chi connectivity index (χ4n) is 3.36. The summed E-state index contributed by atoms with van der Waals surface area (Å²) in [7, 11) is 2.19. The third-order valence-corrected chi connectivity index (χ3v) is 5.31. The SMILES string of the molecule is CN1CCN(Cc2ccc(-c3ccc4nccc(Cl)c4c3)cc2)CC1. The molecule has 25 heavy (non-hydrogen) atoms. The molecule has 2 aromatic carbocycles. The van der Waals surface area contributed by atoms with Crippen LogP contribution in [0.3, 0.4) is 0 Å². The Morgan fingerprint density at radius 2 is 1.64 bits per heavy atom. The van der Waals surface area contributed by atoms with Gasteiger partial charge in [-0.15, -0.1) is 0 Å². The Morgan fingerprint density at radius 3 is 2.40 bits per heavy atom. The largest absolute Gasteiger partial charge is 0.304 e. The number of halogens is 1. The lowest BCUT2D eigenvalue weighted by molar-refractivity contribution is 0.148. The molecule has 2 heterocycles. The third kappa shape index (κ3) is 3.69. The molecule has 0 radical (unpaired) electrons. The van der Waals surface area contributed by atoms with E-state index < -0.39 is 0 Å². The van der Waals surface area contributed by atoms with E-state index in [0.29, 0.717) is 0 Å². The van der Waals surface area contributed by atoms with Gasteiger partial charge in [0.1, 0.15) is 0 Å². The van der Waals surface area contributed by atoms with Gasteiger partial charge in [0.05, 0.1) is 10.5 Å². The van der Waals surface area contributed by atoms with Crippen LogP contribution >= 0.6 is 11.6 Å². The predicted molar refractivity (Wildman–Crippen MR) is 105 cm³/mol. The van der Waals surface area contributed by atoms with Crippen LogP contribution < -0.4 is 0 Å². The lowest BCUT2D eigenvalue weighted by Gasteiger charge is -2.32. The van der Waals surface area contributed by atoms with Gasteiger partial charge in [-0.25, -0.2) is 0 Å². The summed E-state index contributed by atoms with van der Waals surface area (Å²) in [5.41, 5.74) is 4.69. The van der Waals surface area contributed by atoms with Crippen LogP contribution in [0, 0.1) is 0 Å². The molecule has 3 nitrogen and oxygen atoms in total. The fraction of sp³-hybridized carbons (Fsp3) is 0.286. The zero-order chi connectivity index (χ0) is 17.2. The van der Waals surface area contributed by atoms with E-state index in [1.807, 2.05) is 12.1 Å². The predicted octanol–water partition coefficient (Wildman–Crippen LogP) is 4.30. The van der Waals surface area contributed by atoms with Gasteiger partial charge in [0.2, 0.25) is 0 Å². The quantitative estimate of drug-likeness (QED) is 0.701. The number of likely N-dealkylation sites (N-methyl/N-ethyl adjacent to an activating group) is 1. The van der Waals surface area contributed by atoms with Crippen molar-refractivity contribution >= 4 is 22.5 Å². The summed E-state index contributed by atoms with van der Waals surface area (Å²) in [6.07, 6.45) is 1.75. The highest BCUT2D eigenvalue weighted by Gasteiger charge is 2.13. The van der Waals surface area contributed by atoms with Crippen LogP contribution in [0.15, 0.2) is 54.7 Å². The second-order valence-electron chi connectivity index (χ2n) is 6.80. The molecule has 0 saturated carbocycles. The molecule has 0 aliphatic carbocycles. The summed E-state index contributed by atoms with van der Waals surface area (Å²) in [5, 5.41) is 1.75. The molecule has 4 heteroatoms. The summed E-state index contributed by atoms with van der Waals surface area (Å²) >= 11 is 6.31. The number of hydrogen-bond acceptors (Lipinski definition) is 3. The fourth-order valence-corrected chi connectivity index (χ4v) is 3.57. The average Bonchev–Trinajstić information content (AvgIpc) is 2.64. The topological polar surface area (TPSA) is 19.4 Å². The second kappa shape index (κ2) is 7.12. The third-order valence-electron chi connectivity index (χ3n) is 4.98. The number of hydrogen-bond donors (Lipinski definition) is 0. The van der Waals surface area contributed by atoms with Crippen LogP contribution in [0.1, 0.15) is 5.56 Å². The van der Waals surface area contributed by atoms with E-state index in [1.165, 1.54) is 16.7 Å². The lowest BCUT2D eigenvalue weighted by atomic mass is 10.0. The van der Waals surface area contributed by atoms with E-state index in [2.05, 4.69) is 58.2 Å². The van der Waals surface area contributed by atoms with Crippen LogP contribution in [0.2, 0.25) is 5.02 Å². The number of piperazine rings is 1. The van der Waals surface area contributed by atoms with Crippen LogP contribution in [-0.2, 0) is 6.54 Å². The van der Waals surface area contributed by atoms with Crippen molar-refractivity contribution in [2.45, 2.75) is 6.54 Å². The molecule has 4 rings (SSSR count). The minimum absolute atomic E-state index is 0.749. The Bertz CT molecular complexity index is 868. The molecule has 0 spiro atoms. The smallest absolute Gasteiger partial charge is 0.0717 e. The zero-order valence-corrected chi connectivity index (χ0v) is 15.2. The first-order valence-electron chi connectivity index (χ1n) is 8.73. The minimum atomic E-state index is 0.749. The summed E-state index contributed by atoms with van der Waals surface area (Å²) in [6.45, 7) is 5.64. The second-order valence-corrected chi connectivity index (χ2v) is 7.21. The molecular formula is C21H22ClN3. The summed E-state index contributed by atoms with van der Waals surface area (Å²) in [5.74, 6) is 0. The van der Waals surface area contributed by atoms with Gasteiger partial charge in [-0.3, -0.25) is 9.88 Å². The molecule has 0 bridgehead atoms. The minimum Gasteiger partial charge on any atom is -0.304 e. The highest BCUT2D eigenvalue weighted by molar-refractivity contribution is 6.35. The van der Waals surface area contributed by atoms with Crippen molar-refractivity contribution in [3.8, 4) is 11.1 Å². The first-order chi connectivity index (χ1) is 12.2. The Hall–Kier alpha value is -1.94. The summed E-state index contributed by atoms with van der Waals surface area (Å²) in [4.78, 5) is 9.28. The highest BCUT2D eigenvalue weighted by Crippen LogP contribution is 2.28. The molecule has 0 unspecified atom stereocenters. The monoisotopic (exact) mass is 351 g/mol. The normalized spacial score (nSPS) is 16.4. The molecule has 1 fully saturated rings. The number of pyridine rings is 1. The number of fused-ring (bicyclic) bond motifs is 1. The van der Waals surface area contributed by atoms with E-state index in [0.717, 1.165) is 48.6 Å². The molecular weight excluding hydrogens is 330 g/mol. The van der Waals surface area contributed by atoms with Gasteiger partial charge in [0.15, 0.2) is 0 Å². The number of rotatable bonds is 3. The first-order valence-corrected chi connectivity index (χ1v) is 9.11. The summed E-state index contributed by atoms with van der Waals surface area (Å²) < 4.78 is 0. The Morgan fingerprint density at radius 1 is 0.920 bits per heavy atom. The maximum Gasteiger partial charge on any atom is 0.0717 e. The molecule has 128 valence electrons. The maximum atomic E-state index is 6.31. The van der Waals surface area contributed by atoms with E-state index >= 15 is 0 Å². The molecule has 1 aromatic heterocycles. The molecule has 0 atom stereocenters. The van der Waals surface area contributed by atoms with Crippen molar-refractivity contribution in [2.24, 2.45) is 0 Å². The van der Waals surface area contributed by atoms with E-state index in [-0.39, 0.29) is 0 Å². The van der Waals surface area contributed by atoms with Crippen molar-refractivity contribution in [2.75, 3.05) is 33.2 Å². The van der Waals surface area contributed by atoms with Crippen molar-refractivity contribution in [1.29, 1.82) is 0 Å². The zero-order valence-electron chi connectivity index (χ0n) is 14.5. The molecule has 1 aliphatic rings. The Labute approximate surface area is 153 Å². The van der Waals surface area contributed by atoms with Crippen molar-refractivity contribution < 1.29 is 0 Å². The Balaban J connectivity index is 1.53. The van der Waals surface area contributed by atoms with Crippen LogP contribution in [-0.4, -0.2) is 48.0 Å². The van der Waals surface area contributed by atoms with Crippen molar-refractivity contribution in [3.05, 3.63) is 65.3 Å². The van der Waals surface area contributed by atoms with E-state index in [4.69, 9.17) is 11.6 Å². The van der Waals surface area contributed by atoms with Gasteiger partial charge in [0, 0.05) is 44.3 Å². The number of benzene rings is 2. The molecule has 1 saturated heterocycles. The standard InChI is InChI=1S/C21H22ClN3/c1-24-10-12-25(13-11-24)15-16-2-4-17(5-3-16)18-6-7-21-19(14-18)20(22)8-9-23-21/h2-9,14H,10-13,15H2,1H3. The van der Waals surface area contributed by atoms with Gasteiger partial charge in [-0.2, -0.15) is 0 Å². The van der Waals surface area contributed by atoms with Crippen LogP contribution in [0.4, 0.5) is 0 Å². The van der Waals surface area contributed by atoms with Gasteiger partial charge in [-0.1, -0.05) is 41.9 Å². The molecule has 0 N–H and O–H groups in total. The van der Waals surface area contributed by atoms with Crippen LogP contribution in [0.25, 0.3) is 22.0 Å². The van der Waals surface area contributed by atoms with Crippen molar-refractivity contribution in [1.82, 2.24) is 14.8 Å². The average molecular weight is 352 g/mol. The van der Waals surface area contributed by atoms with E-state index in [9.17, 15) is 0 Å². The molecule has 1 aliphatic heterocycles. The van der Waals surface area contributed by atoms with Gasteiger partial charge in [0.25, 0.3) is 0 Å². The first kappa shape index (κ1) is 16.5. The van der Waals surface area contributed by atoms with E-state index in [1.54, 1.807) is 6.20 Å². The maximum absolute atomic E-state index is 6.31. The van der Waals surface area contributed by atoms with Gasteiger partial charge < -0.3 is 4.90 Å². The highest BCUT2D eigenvalue weighted by atomic mass is 35.5.